The SMILES string of the molecule is C[C@@H]1CN(c2c(C=O)cc3c(N4CCSC4=O)noc3c2F)C[C@@H](C)O1. The van der Waals surface area contributed by atoms with E-state index < -0.39 is 5.82 Å². The Balaban J connectivity index is 1.84. The zero-order valence-electron chi connectivity index (χ0n) is 14.4. The first kappa shape index (κ1) is 17.3. The van der Waals surface area contributed by atoms with Crippen LogP contribution in [0.4, 0.5) is 20.7 Å². The topological polar surface area (TPSA) is 75.9 Å². The molecule has 7 nitrogen and oxygen atoms in total. The predicted octanol–water partition coefficient (Wildman–Crippen LogP) is 3.07. The number of hydrogen-bond acceptors (Lipinski definition) is 7. The molecule has 1 aromatic heterocycles. The number of aldehydes is 1. The van der Waals surface area contributed by atoms with Gasteiger partial charge in [-0.2, -0.15) is 0 Å². The number of ether oxygens (including phenoxy) is 1. The number of halogens is 1. The Kier molecular flexibility index (Phi) is 4.36. The number of thioether (sulfide) groups is 1. The minimum atomic E-state index is -0.635. The summed E-state index contributed by atoms with van der Waals surface area (Å²) in [6.45, 7) is 5.22. The molecule has 0 radical (unpaired) electrons. The van der Waals surface area contributed by atoms with Crippen molar-refractivity contribution >= 4 is 45.8 Å². The van der Waals surface area contributed by atoms with E-state index in [1.54, 1.807) is 11.0 Å². The summed E-state index contributed by atoms with van der Waals surface area (Å²) in [5, 5.41) is 4.07. The second-order valence-corrected chi connectivity index (χ2v) is 7.60. The maximum absolute atomic E-state index is 15.3. The maximum atomic E-state index is 15.3. The van der Waals surface area contributed by atoms with Crippen molar-refractivity contribution in [2.75, 3.05) is 35.2 Å². The molecule has 3 heterocycles. The molecule has 2 aromatic rings. The average Bonchev–Trinajstić information content (AvgIpc) is 3.19. The van der Waals surface area contributed by atoms with E-state index in [9.17, 15) is 9.59 Å². The highest BCUT2D eigenvalue weighted by atomic mass is 32.2. The molecule has 0 unspecified atom stereocenters. The van der Waals surface area contributed by atoms with E-state index in [0.29, 0.717) is 37.1 Å². The van der Waals surface area contributed by atoms with Gasteiger partial charge in [0.05, 0.1) is 23.3 Å². The van der Waals surface area contributed by atoms with Crippen LogP contribution >= 0.6 is 11.8 Å². The zero-order valence-corrected chi connectivity index (χ0v) is 15.2. The number of fused-ring (bicyclic) bond motifs is 1. The lowest BCUT2D eigenvalue weighted by Gasteiger charge is -2.37. The van der Waals surface area contributed by atoms with Crippen molar-refractivity contribution in [2.45, 2.75) is 26.1 Å². The third kappa shape index (κ3) is 2.75. The second-order valence-electron chi connectivity index (χ2n) is 6.56. The lowest BCUT2D eigenvalue weighted by atomic mass is 10.1. The standard InChI is InChI=1S/C17H18FN3O4S/c1-9-6-20(7-10(2)24-9)14-11(8-22)5-12-15(13(14)18)25-19-16(12)21-3-4-26-17(21)23/h5,8-10H,3-4,6-7H2,1-2H3/t9-,10-/m1/s1. The highest BCUT2D eigenvalue weighted by Crippen LogP contribution is 2.38. The third-order valence-corrected chi connectivity index (χ3v) is 5.42. The predicted molar refractivity (Wildman–Crippen MR) is 96.8 cm³/mol. The van der Waals surface area contributed by atoms with Crippen LogP contribution in [0.3, 0.4) is 0 Å². The van der Waals surface area contributed by atoms with Crippen molar-refractivity contribution in [3.05, 3.63) is 17.4 Å². The summed E-state index contributed by atoms with van der Waals surface area (Å²) < 4.78 is 26.2. The summed E-state index contributed by atoms with van der Waals surface area (Å²) in [6.07, 6.45) is 0.454. The highest BCUT2D eigenvalue weighted by Gasteiger charge is 2.32. The number of rotatable bonds is 3. The number of aromatic nitrogens is 1. The summed E-state index contributed by atoms with van der Waals surface area (Å²) in [7, 11) is 0. The third-order valence-electron chi connectivity index (χ3n) is 4.57. The number of amides is 1. The van der Waals surface area contributed by atoms with E-state index in [1.807, 2.05) is 13.8 Å². The van der Waals surface area contributed by atoms with Crippen LogP contribution in [-0.2, 0) is 4.74 Å². The van der Waals surface area contributed by atoms with Gasteiger partial charge in [-0.05, 0) is 19.9 Å². The molecule has 0 aliphatic carbocycles. The molecule has 2 fully saturated rings. The van der Waals surface area contributed by atoms with Gasteiger partial charge in [0, 0.05) is 31.0 Å². The normalized spacial score (nSPS) is 23.9. The molecule has 9 heteroatoms. The maximum Gasteiger partial charge on any atom is 0.287 e. The lowest BCUT2D eigenvalue weighted by molar-refractivity contribution is -0.00543. The largest absolute Gasteiger partial charge is 0.372 e. The molecule has 0 spiro atoms. The molecule has 0 bridgehead atoms. The van der Waals surface area contributed by atoms with Crippen LogP contribution in [-0.4, -0.2) is 54.3 Å². The zero-order chi connectivity index (χ0) is 18.4. The van der Waals surface area contributed by atoms with Gasteiger partial charge in [-0.3, -0.25) is 14.5 Å². The molecule has 2 aliphatic rings. The summed E-state index contributed by atoms with van der Waals surface area (Å²) in [5.41, 5.74) is 0.358. The second kappa shape index (κ2) is 6.55. The Hall–Kier alpha value is -2.13. The first-order valence-corrected chi connectivity index (χ1v) is 9.40. The summed E-state index contributed by atoms with van der Waals surface area (Å²) in [5.74, 6) is 0.258. The Bertz CT molecular complexity index is 877. The summed E-state index contributed by atoms with van der Waals surface area (Å²) in [4.78, 5) is 26.9. The van der Waals surface area contributed by atoms with Crippen LogP contribution in [0.15, 0.2) is 10.6 Å². The molecule has 1 aromatic carbocycles. The van der Waals surface area contributed by atoms with Crippen LogP contribution in [0.5, 0.6) is 0 Å². The molecule has 2 atom stereocenters. The Labute approximate surface area is 153 Å². The number of nitrogens with zero attached hydrogens (tertiary/aromatic N) is 3. The monoisotopic (exact) mass is 379 g/mol. The van der Waals surface area contributed by atoms with Gasteiger partial charge in [-0.15, -0.1) is 0 Å². The average molecular weight is 379 g/mol. The van der Waals surface area contributed by atoms with Crippen molar-refractivity contribution in [3.8, 4) is 0 Å². The van der Waals surface area contributed by atoms with Gasteiger partial charge in [-0.25, -0.2) is 4.39 Å². The minimum Gasteiger partial charge on any atom is -0.372 e. The van der Waals surface area contributed by atoms with Gasteiger partial charge >= 0.3 is 0 Å². The molecule has 26 heavy (non-hydrogen) atoms. The Morgan fingerprint density at radius 2 is 2.08 bits per heavy atom. The van der Waals surface area contributed by atoms with Crippen LogP contribution in [0, 0.1) is 5.82 Å². The van der Waals surface area contributed by atoms with E-state index in [4.69, 9.17) is 9.26 Å². The van der Waals surface area contributed by atoms with Gasteiger partial charge in [0.2, 0.25) is 5.58 Å². The van der Waals surface area contributed by atoms with E-state index in [1.165, 1.54) is 16.7 Å². The number of benzene rings is 1. The van der Waals surface area contributed by atoms with Crippen molar-refractivity contribution in [1.29, 1.82) is 0 Å². The fourth-order valence-corrected chi connectivity index (χ4v) is 4.37. The Morgan fingerprint density at radius 3 is 2.69 bits per heavy atom. The molecule has 0 saturated carbocycles. The van der Waals surface area contributed by atoms with Crippen molar-refractivity contribution in [3.63, 3.8) is 0 Å². The minimum absolute atomic E-state index is 0.0444. The number of carbonyl (C=O) groups excluding carboxylic acids is 2. The summed E-state index contributed by atoms with van der Waals surface area (Å²) >= 11 is 1.17. The Morgan fingerprint density at radius 1 is 1.35 bits per heavy atom. The van der Waals surface area contributed by atoms with Crippen molar-refractivity contribution in [1.82, 2.24) is 5.16 Å². The number of morpholine rings is 1. The smallest absolute Gasteiger partial charge is 0.287 e. The molecule has 0 N–H and O–H groups in total. The quantitative estimate of drug-likeness (QED) is 0.759. The van der Waals surface area contributed by atoms with Gasteiger partial charge in [0.1, 0.15) is 0 Å². The van der Waals surface area contributed by atoms with Crippen LogP contribution < -0.4 is 9.80 Å². The molecule has 4 rings (SSSR count). The molecular formula is C17H18FN3O4S. The lowest BCUT2D eigenvalue weighted by Crippen LogP contribution is -2.46. The van der Waals surface area contributed by atoms with E-state index >= 15 is 4.39 Å². The van der Waals surface area contributed by atoms with Gasteiger partial charge < -0.3 is 14.2 Å². The van der Waals surface area contributed by atoms with E-state index in [2.05, 4.69) is 5.16 Å². The number of hydrogen-bond donors (Lipinski definition) is 0. The van der Waals surface area contributed by atoms with Gasteiger partial charge in [0.15, 0.2) is 17.9 Å². The fourth-order valence-electron chi connectivity index (χ4n) is 3.59. The molecule has 138 valence electrons. The van der Waals surface area contributed by atoms with Crippen molar-refractivity contribution in [2.24, 2.45) is 0 Å². The van der Waals surface area contributed by atoms with Crippen molar-refractivity contribution < 1.29 is 23.2 Å². The fraction of sp³-hybridized carbons (Fsp3) is 0.471. The number of anilines is 2. The first-order valence-electron chi connectivity index (χ1n) is 8.41. The van der Waals surface area contributed by atoms with Gasteiger partial charge in [-0.1, -0.05) is 16.9 Å². The molecule has 2 saturated heterocycles. The molecule has 1 amide bonds. The summed E-state index contributed by atoms with van der Waals surface area (Å²) in [6, 6.07) is 1.55. The van der Waals surface area contributed by atoms with Crippen LogP contribution in [0.2, 0.25) is 0 Å². The van der Waals surface area contributed by atoms with Gasteiger partial charge in [0.25, 0.3) is 5.24 Å². The van der Waals surface area contributed by atoms with Crippen LogP contribution in [0.1, 0.15) is 24.2 Å². The van der Waals surface area contributed by atoms with E-state index in [0.717, 1.165) is 0 Å². The van der Waals surface area contributed by atoms with Crippen LogP contribution in [0.25, 0.3) is 11.0 Å². The highest BCUT2D eigenvalue weighted by molar-refractivity contribution is 8.14. The molecular weight excluding hydrogens is 361 g/mol. The van der Waals surface area contributed by atoms with E-state index in [-0.39, 0.29) is 40.1 Å². The first-order chi connectivity index (χ1) is 12.5. The molecule has 2 aliphatic heterocycles. The number of carbonyl (C=O) groups is 2.